The predicted octanol–water partition coefficient (Wildman–Crippen LogP) is 6.35. The van der Waals surface area contributed by atoms with Gasteiger partial charge in [0.1, 0.15) is 17.3 Å². The summed E-state index contributed by atoms with van der Waals surface area (Å²) >= 11 is 6.75. The predicted molar refractivity (Wildman–Crippen MR) is 160 cm³/mol. The molecule has 1 saturated carbocycles. The van der Waals surface area contributed by atoms with Gasteiger partial charge in [-0.3, -0.25) is 9.78 Å². The van der Waals surface area contributed by atoms with Gasteiger partial charge in [0.25, 0.3) is 12.3 Å². The number of carbonyl (C=O) groups is 1. The highest BCUT2D eigenvalue weighted by molar-refractivity contribution is 6.35. The van der Waals surface area contributed by atoms with Gasteiger partial charge in [-0.2, -0.15) is 5.26 Å². The van der Waals surface area contributed by atoms with Crippen LogP contribution in [-0.4, -0.2) is 50.8 Å². The maximum atomic E-state index is 13.9. The third-order valence-electron chi connectivity index (χ3n) is 8.08. The maximum absolute atomic E-state index is 13.9. The number of alkyl halides is 2. The molecule has 2 aromatic carbocycles. The standard InChI is InChI=1S/C31H31ClF2N8O/c1-30(2,3)16-37-25-17(12-35)13-36-26-21(25)10-18(11-23(26)32)38-27(19-6-5-7-20-22(19)14-41(4)28(20)43)24-15-42(40-39-24)31(8-9-31)29(33)34/h5-7,10-11,13,15,27,29,38H,8-9,14,16H2,1-4H3,(H,36,37)/t27-/m0/s1. The molecule has 3 heterocycles. The number of carbonyl (C=O) groups excluding carboxylic acids is 1. The van der Waals surface area contributed by atoms with Gasteiger partial charge in [0.15, 0.2) is 0 Å². The van der Waals surface area contributed by atoms with E-state index >= 15 is 0 Å². The molecule has 2 aliphatic rings. The summed E-state index contributed by atoms with van der Waals surface area (Å²) in [6.45, 7) is 7.27. The lowest BCUT2D eigenvalue weighted by molar-refractivity contribution is 0.0593. The highest BCUT2D eigenvalue weighted by Gasteiger charge is 2.54. The number of rotatable bonds is 8. The minimum atomic E-state index is -2.57. The average Bonchev–Trinajstić information content (AvgIpc) is 3.54. The molecule has 6 rings (SSSR count). The normalized spacial score (nSPS) is 16.3. The molecule has 1 aliphatic heterocycles. The Hall–Kier alpha value is -4.30. The average molecular weight is 605 g/mol. The van der Waals surface area contributed by atoms with Crippen molar-refractivity contribution in [3.05, 3.63) is 75.7 Å². The summed E-state index contributed by atoms with van der Waals surface area (Å²) < 4.78 is 29.1. The van der Waals surface area contributed by atoms with Gasteiger partial charge in [-0.1, -0.05) is 49.7 Å². The van der Waals surface area contributed by atoms with Gasteiger partial charge in [0.2, 0.25) is 0 Å². The fourth-order valence-corrected chi connectivity index (χ4v) is 5.79. The third-order valence-corrected chi connectivity index (χ3v) is 8.37. The highest BCUT2D eigenvalue weighted by Crippen LogP contribution is 2.48. The van der Waals surface area contributed by atoms with Crippen LogP contribution >= 0.6 is 11.6 Å². The Morgan fingerprint density at radius 2 is 2.00 bits per heavy atom. The lowest BCUT2D eigenvalue weighted by atomic mass is 9.95. The van der Waals surface area contributed by atoms with Gasteiger partial charge in [0, 0.05) is 43.0 Å². The number of nitrogens with zero attached hydrogens (tertiary/aromatic N) is 6. The van der Waals surface area contributed by atoms with E-state index in [0.717, 1.165) is 11.1 Å². The number of amides is 1. The van der Waals surface area contributed by atoms with Crippen molar-refractivity contribution in [2.45, 2.75) is 58.2 Å². The molecule has 43 heavy (non-hydrogen) atoms. The van der Waals surface area contributed by atoms with Crippen LogP contribution in [0.2, 0.25) is 5.02 Å². The molecule has 2 N–H and O–H groups in total. The van der Waals surface area contributed by atoms with Crippen LogP contribution in [0.3, 0.4) is 0 Å². The minimum Gasteiger partial charge on any atom is -0.383 e. The zero-order valence-corrected chi connectivity index (χ0v) is 25.0. The van der Waals surface area contributed by atoms with Crippen LogP contribution < -0.4 is 10.6 Å². The SMILES string of the molecule is CN1Cc2c(cccc2[C@H](Nc2cc(Cl)c3ncc(C#N)c(NCC(C)(C)C)c3c2)c2cn(C3(C(F)F)CC3)nn2)C1=O. The number of nitriles is 1. The molecule has 9 nitrogen and oxygen atoms in total. The van der Waals surface area contributed by atoms with E-state index in [1.165, 1.54) is 10.9 Å². The Balaban J connectivity index is 1.47. The first-order valence-corrected chi connectivity index (χ1v) is 14.4. The summed E-state index contributed by atoms with van der Waals surface area (Å²) in [6.07, 6.45) is 1.14. The Labute approximate surface area is 252 Å². The number of fused-ring (bicyclic) bond motifs is 2. The Kier molecular flexibility index (Phi) is 7.00. The van der Waals surface area contributed by atoms with Crippen LogP contribution in [0.15, 0.2) is 42.7 Å². The van der Waals surface area contributed by atoms with Crippen molar-refractivity contribution in [1.82, 2.24) is 24.9 Å². The molecule has 12 heteroatoms. The van der Waals surface area contributed by atoms with Crippen LogP contribution in [0.25, 0.3) is 10.9 Å². The second kappa shape index (κ2) is 10.5. The zero-order valence-electron chi connectivity index (χ0n) is 24.3. The van der Waals surface area contributed by atoms with Crippen molar-refractivity contribution in [1.29, 1.82) is 5.26 Å². The first-order valence-electron chi connectivity index (χ1n) is 14.0. The molecule has 1 amide bonds. The molecule has 0 spiro atoms. The topological polar surface area (TPSA) is 112 Å². The number of halogens is 3. The molecule has 0 bridgehead atoms. The molecular weight excluding hydrogens is 574 g/mol. The minimum absolute atomic E-state index is 0.0612. The fourth-order valence-electron chi connectivity index (χ4n) is 5.52. The van der Waals surface area contributed by atoms with E-state index in [4.69, 9.17) is 11.6 Å². The fraction of sp³-hybridized carbons (Fsp3) is 0.387. The summed E-state index contributed by atoms with van der Waals surface area (Å²) in [5.74, 6) is -0.0905. The number of hydrogen-bond donors (Lipinski definition) is 2. The summed E-state index contributed by atoms with van der Waals surface area (Å²) in [5, 5.41) is 26.3. The molecule has 1 aliphatic carbocycles. The van der Waals surface area contributed by atoms with Gasteiger partial charge in [-0.25, -0.2) is 13.5 Å². The monoisotopic (exact) mass is 604 g/mol. The quantitative estimate of drug-likeness (QED) is 0.241. The van der Waals surface area contributed by atoms with E-state index in [1.807, 2.05) is 12.1 Å². The number of pyridine rings is 1. The van der Waals surface area contributed by atoms with Gasteiger partial charge >= 0.3 is 0 Å². The Morgan fingerprint density at radius 1 is 1.23 bits per heavy atom. The zero-order chi connectivity index (χ0) is 30.7. The molecule has 0 unspecified atom stereocenters. The maximum Gasteiger partial charge on any atom is 0.263 e. The Bertz CT molecular complexity index is 1790. The van der Waals surface area contributed by atoms with Crippen molar-refractivity contribution < 1.29 is 13.6 Å². The lowest BCUT2D eigenvalue weighted by Crippen LogP contribution is -2.26. The first-order chi connectivity index (χ1) is 20.4. The van der Waals surface area contributed by atoms with E-state index in [1.54, 1.807) is 36.3 Å². The van der Waals surface area contributed by atoms with E-state index in [9.17, 15) is 18.8 Å². The van der Waals surface area contributed by atoms with Crippen LogP contribution in [-0.2, 0) is 12.1 Å². The van der Waals surface area contributed by atoms with Crippen molar-refractivity contribution in [2.75, 3.05) is 24.2 Å². The summed E-state index contributed by atoms with van der Waals surface area (Å²) in [5.41, 5.74) is 3.33. The molecule has 1 atom stereocenters. The summed E-state index contributed by atoms with van der Waals surface area (Å²) in [7, 11) is 1.74. The second-order valence-electron chi connectivity index (χ2n) is 12.5. The summed E-state index contributed by atoms with van der Waals surface area (Å²) in [6, 6.07) is 10.6. The molecular formula is C31H31ClF2N8O. The highest BCUT2D eigenvalue weighted by atomic mass is 35.5. The van der Waals surface area contributed by atoms with Crippen LogP contribution in [0.1, 0.15) is 72.4 Å². The number of nitrogens with one attached hydrogen (secondary N) is 2. The third kappa shape index (κ3) is 5.14. The van der Waals surface area contributed by atoms with Crippen molar-refractivity contribution >= 4 is 39.8 Å². The second-order valence-corrected chi connectivity index (χ2v) is 12.9. The van der Waals surface area contributed by atoms with Crippen LogP contribution in [0.5, 0.6) is 0 Å². The van der Waals surface area contributed by atoms with E-state index in [2.05, 4.69) is 52.8 Å². The van der Waals surface area contributed by atoms with E-state index < -0.39 is 18.0 Å². The Morgan fingerprint density at radius 3 is 2.67 bits per heavy atom. The van der Waals surface area contributed by atoms with Gasteiger partial charge in [0.05, 0.1) is 34.0 Å². The van der Waals surface area contributed by atoms with Gasteiger partial charge < -0.3 is 15.5 Å². The van der Waals surface area contributed by atoms with Crippen molar-refractivity contribution in [2.24, 2.45) is 5.41 Å². The largest absolute Gasteiger partial charge is 0.383 e. The first kappa shape index (κ1) is 28.8. The molecule has 1 fully saturated rings. The lowest BCUT2D eigenvalue weighted by Gasteiger charge is -2.23. The van der Waals surface area contributed by atoms with E-state index in [-0.39, 0.29) is 11.3 Å². The van der Waals surface area contributed by atoms with Crippen molar-refractivity contribution in [3.63, 3.8) is 0 Å². The smallest absolute Gasteiger partial charge is 0.263 e. The van der Waals surface area contributed by atoms with Crippen molar-refractivity contribution in [3.8, 4) is 6.07 Å². The van der Waals surface area contributed by atoms with E-state index in [0.29, 0.717) is 70.1 Å². The molecule has 2 aromatic heterocycles. The summed E-state index contributed by atoms with van der Waals surface area (Å²) in [4.78, 5) is 18.9. The van der Waals surface area contributed by atoms with Crippen LogP contribution in [0.4, 0.5) is 20.2 Å². The number of anilines is 2. The number of hydrogen-bond acceptors (Lipinski definition) is 7. The van der Waals surface area contributed by atoms with Gasteiger partial charge in [-0.15, -0.1) is 5.10 Å². The molecule has 0 radical (unpaired) electrons. The molecule has 0 saturated heterocycles. The molecule has 222 valence electrons. The van der Waals surface area contributed by atoms with Crippen LogP contribution in [0, 0.1) is 16.7 Å². The number of benzene rings is 2. The molecule has 4 aromatic rings. The van der Waals surface area contributed by atoms with Gasteiger partial charge in [-0.05, 0) is 47.6 Å². The number of aromatic nitrogens is 4.